The fourth-order valence-electron chi connectivity index (χ4n) is 1.81. The van der Waals surface area contributed by atoms with E-state index in [0.29, 0.717) is 6.04 Å². The molecule has 16 heavy (non-hydrogen) atoms. The average molecular weight is 220 g/mol. The fraction of sp³-hybridized carbons (Fsp3) is 0.571. The first kappa shape index (κ1) is 12.9. The highest BCUT2D eigenvalue weighted by Gasteiger charge is 2.02. The summed E-state index contributed by atoms with van der Waals surface area (Å²) in [6, 6.07) is 9.17. The summed E-state index contributed by atoms with van der Waals surface area (Å²) in [5.41, 5.74) is 2.50. The topological polar surface area (TPSA) is 15.3 Å². The number of benzene rings is 1. The molecule has 0 radical (unpaired) electrons. The normalized spacial score (nSPS) is 12.2. The minimum absolute atomic E-state index is 0.548. The van der Waals surface area contributed by atoms with E-state index in [1.807, 2.05) is 0 Å². The summed E-state index contributed by atoms with van der Waals surface area (Å²) in [5.74, 6) is 0. The quantitative estimate of drug-likeness (QED) is 0.785. The van der Waals surface area contributed by atoms with E-state index in [-0.39, 0.29) is 0 Å². The van der Waals surface area contributed by atoms with Gasteiger partial charge >= 0.3 is 0 Å². The van der Waals surface area contributed by atoms with Gasteiger partial charge < -0.3 is 10.2 Å². The van der Waals surface area contributed by atoms with E-state index in [9.17, 15) is 0 Å². The third-order valence-corrected chi connectivity index (χ3v) is 2.90. The summed E-state index contributed by atoms with van der Waals surface area (Å²) < 4.78 is 0. The summed E-state index contributed by atoms with van der Waals surface area (Å²) in [5, 5.41) is 3.54. The maximum Gasteiger partial charge on any atom is 0.0384 e. The molecule has 0 amide bonds. The number of nitrogens with one attached hydrogen (secondary N) is 1. The van der Waals surface area contributed by atoms with Crippen LogP contribution in [0, 0.1) is 0 Å². The molecule has 1 N–H and O–H groups in total. The highest BCUT2D eigenvalue weighted by molar-refractivity contribution is 5.58. The van der Waals surface area contributed by atoms with Gasteiger partial charge in [-0.1, -0.05) is 19.4 Å². The first-order chi connectivity index (χ1) is 7.67. The largest absolute Gasteiger partial charge is 0.383 e. The molecule has 1 atom stereocenters. The summed E-state index contributed by atoms with van der Waals surface area (Å²) in [7, 11) is 2.12. The van der Waals surface area contributed by atoms with Crippen molar-refractivity contribution >= 4 is 11.4 Å². The van der Waals surface area contributed by atoms with Crippen LogP contribution in [0.5, 0.6) is 0 Å². The van der Waals surface area contributed by atoms with Gasteiger partial charge in [-0.05, 0) is 38.5 Å². The summed E-state index contributed by atoms with van der Waals surface area (Å²) >= 11 is 0. The second-order valence-corrected chi connectivity index (χ2v) is 4.40. The molecule has 0 saturated carbocycles. The maximum absolute atomic E-state index is 3.54. The molecule has 2 heteroatoms. The van der Waals surface area contributed by atoms with Crippen LogP contribution in [0.3, 0.4) is 0 Å². The monoisotopic (exact) mass is 220 g/mol. The molecule has 1 aromatic rings. The van der Waals surface area contributed by atoms with Gasteiger partial charge in [-0.15, -0.1) is 0 Å². The zero-order valence-electron chi connectivity index (χ0n) is 11.0. The molecule has 0 bridgehead atoms. The van der Waals surface area contributed by atoms with Crippen LogP contribution in [0.4, 0.5) is 11.4 Å². The molecule has 2 nitrogen and oxygen atoms in total. The van der Waals surface area contributed by atoms with Crippen LogP contribution in [0.2, 0.25) is 0 Å². The molecule has 0 spiro atoms. The Labute approximate surface area is 99.7 Å². The minimum atomic E-state index is 0.548. The Kier molecular flexibility index (Phi) is 5.17. The van der Waals surface area contributed by atoms with E-state index < -0.39 is 0 Å². The van der Waals surface area contributed by atoms with E-state index in [1.54, 1.807) is 0 Å². The highest BCUT2D eigenvalue weighted by atomic mass is 15.1. The lowest BCUT2D eigenvalue weighted by atomic mass is 10.2. The molecule has 1 rings (SSSR count). The molecule has 0 aromatic heterocycles. The van der Waals surface area contributed by atoms with Crippen LogP contribution in [0.1, 0.15) is 33.6 Å². The maximum atomic E-state index is 3.54. The summed E-state index contributed by atoms with van der Waals surface area (Å²) in [6.07, 6.45) is 2.44. The highest BCUT2D eigenvalue weighted by Crippen LogP contribution is 2.19. The van der Waals surface area contributed by atoms with Crippen molar-refractivity contribution in [2.75, 3.05) is 23.8 Å². The van der Waals surface area contributed by atoms with Gasteiger partial charge in [-0.2, -0.15) is 0 Å². The zero-order chi connectivity index (χ0) is 12.0. The van der Waals surface area contributed by atoms with Crippen LogP contribution < -0.4 is 10.2 Å². The molecule has 90 valence electrons. The Hall–Kier alpha value is -1.18. The van der Waals surface area contributed by atoms with Crippen molar-refractivity contribution in [2.45, 2.75) is 39.7 Å². The summed E-state index contributed by atoms with van der Waals surface area (Å²) in [4.78, 5) is 2.25. The molecular formula is C14H24N2. The van der Waals surface area contributed by atoms with Gasteiger partial charge in [-0.3, -0.25) is 0 Å². The van der Waals surface area contributed by atoms with E-state index in [2.05, 4.69) is 62.3 Å². The Morgan fingerprint density at radius 1 is 1.31 bits per heavy atom. The van der Waals surface area contributed by atoms with Crippen molar-refractivity contribution in [3.63, 3.8) is 0 Å². The lowest BCUT2D eigenvalue weighted by molar-refractivity contribution is 0.690. The predicted molar refractivity (Wildman–Crippen MR) is 73.4 cm³/mol. The van der Waals surface area contributed by atoms with Crippen molar-refractivity contribution in [1.82, 2.24) is 0 Å². The second-order valence-electron chi connectivity index (χ2n) is 4.40. The van der Waals surface area contributed by atoms with E-state index in [0.717, 1.165) is 6.54 Å². The lowest BCUT2D eigenvalue weighted by Crippen LogP contribution is -2.17. The van der Waals surface area contributed by atoms with Crippen molar-refractivity contribution in [3.05, 3.63) is 24.3 Å². The molecular weight excluding hydrogens is 196 g/mol. The molecule has 0 heterocycles. The molecule has 0 fully saturated rings. The van der Waals surface area contributed by atoms with E-state index in [1.165, 1.54) is 24.2 Å². The van der Waals surface area contributed by atoms with E-state index >= 15 is 0 Å². The van der Waals surface area contributed by atoms with Gasteiger partial charge in [0.15, 0.2) is 0 Å². The molecule has 1 unspecified atom stereocenters. The first-order valence-electron chi connectivity index (χ1n) is 6.25. The minimum Gasteiger partial charge on any atom is -0.383 e. The lowest BCUT2D eigenvalue weighted by Gasteiger charge is -2.19. The first-order valence-corrected chi connectivity index (χ1v) is 6.25. The number of nitrogens with zero attached hydrogens (tertiary/aromatic N) is 1. The number of anilines is 2. The number of hydrogen-bond acceptors (Lipinski definition) is 2. The SMILES string of the molecule is CCCC(C)Nc1cccc(N(C)CC)c1. The van der Waals surface area contributed by atoms with Gasteiger partial charge in [0.25, 0.3) is 0 Å². The Balaban J connectivity index is 2.67. The van der Waals surface area contributed by atoms with Gasteiger partial charge in [0.05, 0.1) is 0 Å². The van der Waals surface area contributed by atoms with Gasteiger partial charge in [0, 0.05) is 31.0 Å². The third kappa shape index (κ3) is 3.76. The number of hydrogen-bond donors (Lipinski definition) is 1. The molecule has 0 aliphatic heterocycles. The molecule has 0 saturated heterocycles. The van der Waals surface area contributed by atoms with Gasteiger partial charge in [-0.25, -0.2) is 0 Å². The Bertz CT molecular complexity index is 309. The predicted octanol–water partition coefficient (Wildman–Crippen LogP) is 3.74. The molecule has 0 aliphatic rings. The third-order valence-electron chi connectivity index (χ3n) is 2.90. The van der Waals surface area contributed by atoms with Crippen molar-refractivity contribution in [3.8, 4) is 0 Å². The van der Waals surface area contributed by atoms with Crippen LogP contribution >= 0.6 is 0 Å². The Morgan fingerprint density at radius 2 is 2.06 bits per heavy atom. The standard InChI is InChI=1S/C14H24N2/c1-5-8-12(3)15-13-9-7-10-14(11-13)16(4)6-2/h7,9-12,15H,5-6,8H2,1-4H3. The van der Waals surface area contributed by atoms with Crippen LogP contribution in [0.15, 0.2) is 24.3 Å². The van der Waals surface area contributed by atoms with Crippen LogP contribution in [-0.4, -0.2) is 19.6 Å². The van der Waals surface area contributed by atoms with Crippen molar-refractivity contribution < 1.29 is 0 Å². The van der Waals surface area contributed by atoms with Gasteiger partial charge in [0.1, 0.15) is 0 Å². The van der Waals surface area contributed by atoms with E-state index in [4.69, 9.17) is 0 Å². The smallest absolute Gasteiger partial charge is 0.0384 e. The molecule has 0 aliphatic carbocycles. The average Bonchev–Trinajstić information content (AvgIpc) is 2.28. The van der Waals surface area contributed by atoms with Crippen LogP contribution in [-0.2, 0) is 0 Å². The zero-order valence-corrected chi connectivity index (χ0v) is 11.0. The second kappa shape index (κ2) is 6.41. The van der Waals surface area contributed by atoms with Crippen molar-refractivity contribution in [1.29, 1.82) is 0 Å². The Morgan fingerprint density at radius 3 is 2.69 bits per heavy atom. The summed E-state index contributed by atoms with van der Waals surface area (Å²) in [6.45, 7) is 7.66. The molecule has 1 aromatic carbocycles. The van der Waals surface area contributed by atoms with Crippen molar-refractivity contribution in [2.24, 2.45) is 0 Å². The van der Waals surface area contributed by atoms with Gasteiger partial charge in [0.2, 0.25) is 0 Å². The fourth-order valence-corrected chi connectivity index (χ4v) is 1.81. The number of rotatable bonds is 6. The van der Waals surface area contributed by atoms with Crippen LogP contribution in [0.25, 0.3) is 0 Å².